The van der Waals surface area contributed by atoms with Crippen molar-refractivity contribution in [1.29, 1.82) is 0 Å². The van der Waals surface area contributed by atoms with Crippen molar-refractivity contribution in [2.45, 2.75) is 30.9 Å². The van der Waals surface area contributed by atoms with E-state index in [1.807, 2.05) is 109 Å². The zero-order valence-corrected chi connectivity index (χ0v) is 29.3. The van der Waals surface area contributed by atoms with E-state index in [2.05, 4.69) is 63.2 Å². The molecule has 1 aliphatic rings. The second-order valence-corrected chi connectivity index (χ2v) is 13.0. The Morgan fingerprint density at radius 2 is 1.50 bits per heavy atom. The number of amides is 1. The first-order valence-electron chi connectivity index (χ1n) is 16.8. The summed E-state index contributed by atoms with van der Waals surface area (Å²) in [6.07, 6.45) is 4.87. The van der Waals surface area contributed by atoms with Crippen molar-refractivity contribution < 1.29 is 19.4 Å². The smallest absolute Gasteiger partial charge is 0.266 e. The average molecular weight is 731 g/mol. The van der Waals surface area contributed by atoms with Crippen LogP contribution in [0.5, 0.6) is 5.75 Å². The number of aliphatic hydroxyl groups is 1. The Balaban J connectivity index is 1.32. The first kappa shape index (κ1) is 34.8. The fraction of sp³-hybridized carbons (Fsp3) is 0.190. The summed E-state index contributed by atoms with van der Waals surface area (Å²) in [5.74, 6) is 0.767. The zero-order valence-electron chi connectivity index (χ0n) is 27.7. The molecule has 1 aliphatic heterocycles. The van der Waals surface area contributed by atoms with E-state index in [0.717, 1.165) is 44.3 Å². The summed E-state index contributed by atoms with van der Waals surface area (Å²) in [4.78, 5) is 19.6. The van der Waals surface area contributed by atoms with Crippen LogP contribution in [0.4, 0.5) is 0 Å². The molecular formula is C42H40BrN3O4. The number of aliphatic hydroxyl groups excluding tert-OH is 1. The summed E-state index contributed by atoms with van der Waals surface area (Å²) in [7, 11) is 0. The number of halogens is 1. The zero-order chi connectivity index (χ0) is 34.6. The maximum Gasteiger partial charge on any atom is 0.266 e. The number of hydrazine groups is 1. The van der Waals surface area contributed by atoms with Crippen LogP contribution in [0.15, 0.2) is 149 Å². The van der Waals surface area contributed by atoms with Gasteiger partial charge in [-0.25, -0.2) is 10.4 Å². The quantitative estimate of drug-likeness (QED) is 0.0749. The minimum absolute atomic E-state index is 0.0679. The summed E-state index contributed by atoms with van der Waals surface area (Å²) >= 11 is 3.49. The van der Waals surface area contributed by atoms with Crippen molar-refractivity contribution in [1.82, 2.24) is 10.9 Å². The highest BCUT2D eigenvalue weighted by Gasteiger charge is 2.52. The molecule has 0 unspecified atom stereocenters. The van der Waals surface area contributed by atoms with Gasteiger partial charge in [-0.3, -0.25) is 10.2 Å². The molecule has 0 aromatic heterocycles. The molecule has 6 rings (SSSR count). The number of nitrogens with zero attached hydrogens (tertiary/aromatic N) is 1. The van der Waals surface area contributed by atoms with Crippen LogP contribution in [0, 0.1) is 0 Å². The molecule has 1 heterocycles. The molecule has 2 atom stereocenters. The van der Waals surface area contributed by atoms with Gasteiger partial charge in [0.1, 0.15) is 5.75 Å². The van der Waals surface area contributed by atoms with Gasteiger partial charge in [0.25, 0.3) is 5.91 Å². The van der Waals surface area contributed by atoms with Crippen LogP contribution in [-0.4, -0.2) is 42.2 Å². The molecule has 5 aromatic rings. The first-order chi connectivity index (χ1) is 24.5. The SMILES string of the molecule is O=C(NNCCc1ccc(Br)cc1)[C@@]1(C/C=C/c2ccccc2)N=C(c2ccc(OCCCO)cc2)O[C@H]1c1ccc(-c2ccccc2)cc1. The molecule has 254 valence electrons. The molecule has 0 saturated heterocycles. The van der Waals surface area contributed by atoms with Gasteiger partial charge in [-0.1, -0.05) is 125 Å². The lowest BCUT2D eigenvalue weighted by Crippen LogP contribution is -2.52. The number of ether oxygens (including phenoxy) is 2. The summed E-state index contributed by atoms with van der Waals surface area (Å²) in [5, 5.41) is 9.12. The summed E-state index contributed by atoms with van der Waals surface area (Å²) in [5.41, 5.74) is 10.7. The number of rotatable bonds is 15. The molecule has 0 fully saturated rings. The van der Waals surface area contributed by atoms with E-state index in [1.54, 1.807) is 0 Å². The van der Waals surface area contributed by atoms with E-state index in [1.165, 1.54) is 0 Å². The maximum absolute atomic E-state index is 14.5. The second kappa shape index (κ2) is 17.1. The van der Waals surface area contributed by atoms with Gasteiger partial charge < -0.3 is 14.6 Å². The second-order valence-electron chi connectivity index (χ2n) is 12.1. The van der Waals surface area contributed by atoms with Gasteiger partial charge >= 0.3 is 0 Å². The Kier molecular flexibility index (Phi) is 11.9. The third-order valence-electron chi connectivity index (χ3n) is 8.54. The van der Waals surface area contributed by atoms with Gasteiger partial charge in [0.05, 0.1) is 6.61 Å². The van der Waals surface area contributed by atoms with Crippen molar-refractivity contribution in [2.24, 2.45) is 4.99 Å². The highest BCUT2D eigenvalue weighted by atomic mass is 79.9. The summed E-state index contributed by atoms with van der Waals surface area (Å²) in [6, 6.07) is 43.9. The van der Waals surface area contributed by atoms with Crippen molar-refractivity contribution in [3.8, 4) is 16.9 Å². The third-order valence-corrected chi connectivity index (χ3v) is 9.07. The third kappa shape index (κ3) is 8.76. The van der Waals surface area contributed by atoms with Crippen LogP contribution in [0.1, 0.15) is 41.2 Å². The minimum Gasteiger partial charge on any atom is -0.494 e. The fourth-order valence-electron chi connectivity index (χ4n) is 5.84. The number of carbonyl (C=O) groups is 1. The monoisotopic (exact) mass is 729 g/mol. The van der Waals surface area contributed by atoms with Gasteiger partial charge in [0, 0.05) is 36.0 Å². The maximum atomic E-state index is 14.5. The van der Waals surface area contributed by atoms with Gasteiger partial charge in [0.2, 0.25) is 5.90 Å². The van der Waals surface area contributed by atoms with Crippen LogP contribution < -0.4 is 15.6 Å². The van der Waals surface area contributed by atoms with Gasteiger partial charge in [-0.2, -0.15) is 0 Å². The van der Waals surface area contributed by atoms with E-state index < -0.39 is 11.6 Å². The Morgan fingerprint density at radius 3 is 2.20 bits per heavy atom. The van der Waals surface area contributed by atoms with E-state index in [0.29, 0.717) is 37.6 Å². The Bertz CT molecular complexity index is 1880. The number of hydrogen-bond acceptors (Lipinski definition) is 6. The van der Waals surface area contributed by atoms with Crippen LogP contribution in [-0.2, 0) is 16.0 Å². The largest absolute Gasteiger partial charge is 0.494 e. The Morgan fingerprint density at radius 1 is 0.840 bits per heavy atom. The topological polar surface area (TPSA) is 92.2 Å². The van der Waals surface area contributed by atoms with Crippen molar-refractivity contribution in [2.75, 3.05) is 19.8 Å². The standard InChI is InChI=1S/C42H40BrN3O4/c43-37-22-14-32(15-23-37)26-28-44-46-41(48)42(27-7-11-31-9-3-1-4-10-31)39(35-18-16-34(17-19-35)33-12-5-2-6-13-33)50-40(45-42)36-20-24-38(25-21-36)49-30-8-29-47/h1-7,9-25,39,44,47H,8,26-30H2,(H,46,48)/b11-7+/t39-,42-/m0/s1. The number of hydrogen-bond donors (Lipinski definition) is 3. The molecule has 0 bridgehead atoms. The predicted molar refractivity (Wildman–Crippen MR) is 203 cm³/mol. The molecule has 3 N–H and O–H groups in total. The summed E-state index contributed by atoms with van der Waals surface area (Å²) in [6.45, 7) is 1.02. The average Bonchev–Trinajstić information content (AvgIpc) is 3.56. The highest BCUT2D eigenvalue weighted by molar-refractivity contribution is 9.10. The number of carbonyl (C=O) groups excluding carboxylic acids is 1. The number of nitrogens with one attached hydrogen (secondary N) is 2. The van der Waals surface area contributed by atoms with Crippen LogP contribution in [0.25, 0.3) is 17.2 Å². The molecule has 8 heteroatoms. The number of aliphatic imine (C=N–C) groups is 1. The van der Waals surface area contributed by atoms with Crippen molar-refractivity contribution >= 4 is 33.8 Å². The van der Waals surface area contributed by atoms with E-state index in [9.17, 15) is 4.79 Å². The molecule has 1 amide bonds. The summed E-state index contributed by atoms with van der Waals surface area (Å²) < 4.78 is 13.5. The van der Waals surface area contributed by atoms with Crippen LogP contribution >= 0.6 is 15.9 Å². The highest BCUT2D eigenvalue weighted by Crippen LogP contribution is 2.43. The molecule has 7 nitrogen and oxygen atoms in total. The molecular weight excluding hydrogens is 690 g/mol. The Labute approximate surface area is 301 Å². The van der Waals surface area contributed by atoms with Gasteiger partial charge in [-0.15, -0.1) is 0 Å². The first-order valence-corrected chi connectivity index (χ1v) is 17.6. The molecule has 0 saturated carbocycles. The lowest BCUT2D eigenvalue weighted by molar-refractivity contribution is -0.129. The van der Waals surface area contributed by atoms with Gasteiger partial charge in [-0.05, 0) is 70.6 Å². The molecule has 0 radical (unpaired) electrons. The van der Waals surface area contributed by atoms with E-state index in [-0.39, 0.29) is 12.5 Å². The number of benzene rings is 5. The van der Waals surface area contributed by atoms with E-state index in [4.69, 9.17) is 19.6 Å². The molecule has 5 aromatic carbocycles. The lowest BCUT2D eigenvalue weighted by Gasteiger charge is -2.30. The lowest BCUT2D eigenvalue weighted by atomic mass is 9.84. The molecule has 0 aliphatic carbocycles. The normalized spacial score (nSPS) is 16.9. The van der Waals surface area contributed by atoms with Crippen molar-refractivity contribution in [3.63, 3.8) is 0 Å². The molecule has 0 spiro atoms. The predicted octanol–water partition coefficient (Wildman–Crippen LogP) is 8.10. The van der Waals surface area contributed by atoms with Crippen molar-refractivity contribution in [3.05, 3.63) is 166 Å². The minimum atomic E-state index is -1.32. The Hall–Kier alpha value is -5.02. The molecule has 50 heavy (non-hydrogen) atoms. The van der Waals surface area contributed by atoms with Gasteiger partial charge in [0.15, 0.2) is 11.6 Å². The van der Waals surface area contributed by atoms with Crippen LogP contribution in [0.2, 0.25) is 0 Å². The fourth-order valence-corrected chi connectivity index (χ4v) is 6.11. The van der Waals surface area contributed by atoms with E-state index >= 15 is 0 Å². The van der Waals surface area contributed by atoms with Crippen LogP contribution in [0.3, 0.4) is 0 Å².